The molecular weight excluding hydrogens is 308 g/mol. The molecule has 0 bridgehead atoms. The molecule has 0 saturated carbocycles. The van der Waals surface area contributed by atoms with Gasteiger partial charge < -0.3 is 10.6 Å². The molecule has 2 aromatic rings. The third-order valence-corrected chi connectivity index (χ3v) is 4.43. The van der Waals surface area contributed by atoms with Crippen LogP contribution >= 0.6 is 27.3 Å². The van der Waals surface area contributed by atoms with Crippen molar-refractivity contribution in [3.63, 3.8) is 0 Å². The van der Waals surface area contributed by atoms with E-state index in [9.17, 15) is 0 Å². The number of nitrogens with zero attached hydrogens (tertiary/aromatic N) is 1. The number of benzene rings is 1. The molecule has 0 unspecified atom stereocenters. The normalized spacial score (nSPS) is 12.4. The summed E-state index contributed by atoms with van der Waals surface area (Å²) in [6, 6.07) is 10.5. The minimum Gasteiger partial charge on any atom is -0.370 e. The standard InChI is InChI=1S/C14H17BrN2S/c1-10(16)12-5-3-4-6-13(12)17(2)8-11-7-14(15)18-9-11/h3-7,9-10H,8,16H2,1-2H3/t10-/m1/s1. The quantitative estimate of drug-likeness (QED) is 0.914. The molecule has 0 radical (unpaired) electrons. The predicted molar refractivity (Wildman–Crippen MR) is 83.2 cm³/mol. The molecule has 0 aliphatic rings. The minimum atomic E-state index is 0.0536. The summed E-state index contributed by atoms with van der Waals surface area (Å²) in [6.45, 7) is 2.92. The molecule has 0 spiro atoms. The Hall–Kier alpha value is -0.840. The van der Waals surface area contributed by atoms with Gasteiger partial charge in [0.1, 0.15) is 0 Å². The molecule has 2 N–H and O–H groups in total. The average molecular weight is 325 g/mol. The number of anilines is 1. The Morgan fingerprint density at radius 3 is 2.72 bits per heavy atom. The molecule has 0 aliphatic heterocycles. The van der Waals surface area contributed by atoms with E-state index in [0.717, 1.165) is 6.54 Å². The summed E-state index contributed by atoms with van der Waals surface area (Å²) in [5, 5.41) is 2.18. The van der Waals surface area contributed by atoms with Gasteiger partial charge in [0.2, 0.25) is 0 Å². The van der Waals surface area contributed by atoms with Gasteiger partial charge in [0.15, 0.2) is 0 Å². The molecule has 0 saturated heterocycles. The first-order valence-corrected chi connectivity index (χ1v) is 7.53. The fourth-order valence-electron chi connectivity index (χ4n) is 2.01. The highest BCUT2D eigenvalue weighted by Gasteiger charge is 2.10. The maximum atomic E-state index is 6.02. The number of hydrogen-bond donors (Lipinski definition) is 1. The first kappa shape index (κ1) is 13.6. The average Bonchev–Trinajstić information content (AvgIpc) is 2.74. The molecule has 0 fully saturated rings. The summed E-state index contributed by atoms with van der Waals surface area (Å²) >= 11 is 5.21. The van der Waals surface area contributed by atoms with Crippen LogP contribution in [0.3, 0.4) is 0 Å². The molecule has 1 heterocycles. The van der Waals surface area contributed by atoms with Gasteiger partial charge in [0.05, 0.1) is 3.79 Å². The first-order chi connectivity index (χ1) is 8.58. The van der Waals surface area contributed by atoms with Crippen LogP contribution in [0.25, 0.3) is 0 Å². The van der Waals surface area contributed by atoms with Gasteiger partial charge in [-0.3, -0.25) is 0 Å². The monoisotopic (exact) mass is 324 g/mol. The van der Waals surface area contributed by atoms with Crippen LogP contribution in [0.15, 0.2) is 39.5 Å². The van der Waals surface area contributed by atoms with Crippen molar-refractivity contribution in [1.82, 2.24) is 0 Å². The van der Waals surface area contributed by atoms with Gasteiger partial charge >= 0.3 is 0 Å². The highest BCUT2D eigenvalue weighted by Crippen LogP contribution is 2.27. The number of para-hydroxylation sites is 1. The van der Waals surface area contributed by atoms with Crippen molar-refractivity contribution >= 4 is 33.0 Å². The van der Waals surface area contributed by atoms with Crippen LogP contribution in [0.1, 0.15) is 24.1 Å². The van der Waals surface area contributed by atoms with E-state index in [4.69, 9.17) is 5.73 Å². The molecule has 0 aliphatic carbocycles. The summed E-state index contributed by atoms with van der Waals surface area (Å²) < 4.78 is 1.17. The maximum Gasteiger partial charge on any atom is 0.0701 e. The maximum absolute atomic E-state index is 6.02. The number of halogens is 1. The van der Waals surface area contributed by atoms with Gasteiger partial charge in [-0.15, -0.1) is 11.3 Å². The zero-order valence-corrected chi connectivity index (χ0v) is 13.0. The molecule has 1 aromatic heterocycles. The third-order valence-electron chi connectivity index (χ3n) is 2.88. The fourth-order valence-corrected chi connectivity index (χ4v) is 3.21. The van der Waals surface area contributed by atoms with Crippen LogP contribution in [0, 0.1) is 0 Å². The van der Waals surface area contributed by atoms with Crippen LogP contribution < -0.4 is 10.6 Å². The molecule has 0 amide bonds. The number of rotatable bonds is 4. The second-order valence-corrected chi connectivity index (χ2v) is 6.75. The fraction of sp³-hybridized carbons (Fsp3) is 0.286. The second kappa shape index (κ2) is 5.87. The van der Waals surface area contributed by atoms with Crippen molar-refractivity contribution in [3.8, 4) is 0 Å². The van der Waals surface area contributed by atoms with E-state index in [1.807, 2.05) is 13.0 Å². The van der Waals surface area contributed by atoms with Crippen molar-refractivity contribution in [1.29, 1.82) is 0 Å². The molecule has 96 valence electrons. The Morgan fingerprint density at radius 2 is 2.11 bits per heavy atom. The van der Waals surface area contributed by atoms with Crippen LogP contribution in [0.2, 0.25) is 0 Å². The molecular formula is C14H17BrN2S. The lowest BCUT2D eigenvalue weighted by Gasteiger charge is -2.23. The van der Waals surface area contributed by atoms with Gasteiger partial charge in [-0.2, -0.15) is 0 Å². The molecule has 18 heavy (non-hydrogen) atoms. The minimum absolute atomic E-state index is 0.0536. The highest BCUT2D eigenvalue weighted by atomic mass is 79.9. The van der Waals surface area contributed by atoms with Gasteiger partial charge in [-0.1, -0.05) is 18.2 Å². The second-order valence-electron chi connectivity index (χ2n) is 4.46. The molecule has 2 rings (SSSR count). The van der Waals surface area contributed by atoms with Crippen LogP contribution in [-0.2, 0) is 6.54 Å². The van der Waals surface area contributed by atoms with E-state index >= 15 is 0 Å². The summed E-state index contributed by atoms with van der Waals surface area (Å²) in [7, 11) is 2.10. The van der Waals surface area contributed by atoms with Gasteiger partial charge in [-0.05, 0) is 51.5 Å². The topological polar surface area (TPSA) is 29.3 Å². The lowest BCUT2D eigenvalue weighted by molar-refractivity contribution is 0.801. The third kappa shape index (κ3) is 3.13. The zero-order chi connectivity index (χ0) is 13.1. The number of hydrogen-bond acceptors (Lipinski definition) is 3. The van der Waals surface area contributed by atoms with Crippen molar-refractivity contribution in [2.45, 2.75) is 19.5 Å². The first-order valence-electron chi connectivity index (χ1n) is 5.86. The summed E-state index contributed by atoms with van der Waals surface area (Å²) in [4.78, 5) is 2.24. The van der Waals surface area contributed by atoms with E-state index in [1.54, 1.807) is 11.3 Å². The lowest BCUT2D eigenvalue weighted by atomic mass is 10.1. The van der Waals surface area contributed by atoms with E-state index in [2.05, 4.69) is 57.5 Å². The van der Waals surface area contributed by atoms with Gasteiger partial charge in [0.25, 0.3) is 0 Å². The van der Waals surface area contributed by atoms with Crippen molar-refractivity contribution in [2.75, 3.05) is 11.9 Å². The molecule has 1 aromatic carbocycles. The Balaban J connectivity index is 2.20. The Kier molecular flexibility index (Phi) is 4.43. The summed E-state index contributed by atoms with van der Waals surface area (Å²) in [5.41, 5.74) is 9.72. The Labute approximate surface area is 121 Å². The smallest absolute Gasteiger partial charge is 0.0701 e. The number of nitrogens with two attached hydrogens (primary N) is 1. The van der Waals surface area contributed by atoms with E-state index in [0.29, 0.717) is 0 Å². The predicted octanol–water partition coefficient (Wildman–Crippen LogP) is 4.17. The van der Waals surface area contributed by atoms with Gasteiger partial charge in [-0.25, -0.2) is 0 Å². The molecule has 4 heteroatoms. The van der Waals surface area contributed by atoms with Crippen LogP contribution in [0.5, 0.6) is 0 Å². The Bertz CT molecular complexity index is 522. The number of thiophene rings is 1. The van der Waals surface area contributed by atoms with Crippen molar-refractivity contribution in [3.05, 3.63) is 50.6 Å². The van der Waals surface area contributed by atoms with E-state index in [1.165, 1.54) is 20.6 Å². The highest BCUT2D eigenvalue weighted by molar-refractivity contribution is 9.11. The van der Waals surface area contributed by atoms with Crippen molar-refractivity contribution < 1.29 is 0 Å². The molecule has 2 nitrogen and oxygen atoms in total. The van der Waals surface area contributed by atoms with Crippen LogP contribution in [0.4, 0.5) is 5.69 Å². The van der Waals surface area contributed by atoms with Gasteiger partial charge in [0, 0.05) is 25.3 Å². The lowest BCUT2D eigenvalue weighted by Crippen LogP contribution is -2.19. The zero-order valence-electron chi connectivity index (χ0n) is 10.6. The SMILES string of the molecule is C[C@@H](N)c1ccccc1N(C)Cc1csc(Br)c1. The molecule has 1 atom stereocenters. The van der Waals surface area contributed by atoms with Crippen molar-refractivity contribution in [2.24, 2.45) is 5.73 Å². The van der Waals surface area contributed by atoms with E-state index < -0.39 is 0 Å². The largest absolute Gasteiger partial charge is 0.370 e. The summed E-state index contributed by atoms with van der Waals surface area (Å²) in [5.74, 6) is 0. The van der Waals surface area contributed by atoms with E-state index in [-0.39, 0.29) is 6.04 Å². The summed E-state index contributed by atoms with van der Waals surface area (Å²) in [6.07, 6.45) is 0. The Morgan fingerprint density at radius 1 is 1.39 bits per heavy atom. The van der Waals surface area contributed by atoms with Crippen LogP contribution in [-0.4, -0.2) is 7.05 Å².